The average molecular weight is 387 g/mol. The molecule has 0 aromatic carbocycles. The van der Waals surface area contributed by atoms with Crippen LogP contribution < -0.4 is 0 Å². The molecule has 0 aliphatic rings. The summed E-state index contributed by atoms with van der Waals surface area (Å²) in [5.74, 6) is 0.636. The lowest BCUT2D eigenvalue weighted by atomic mass is 10.2. The fourth-order valence-corrected chi connectivity index (χ4v) is 4.76. The molecule has 0 aliphatic carbocycles. The molecule has 5 aromatic heterocycles. The predicted octanol–water partition coefficient (Wildman–Crippen LogP) is 5.25. The summed E-state index contributed by atoms with van der Waals surface area (Å²) in [7, 11) is 0. The van der Waals surface area contributed by atoms with Crippen LogP contribution in [-0.2, 0) is 0 Å². The van der Waals surface area contributed by atoms with E-state index in [0.29, 0.717) is 5.82 Å². The van der Waals surface area contributed by atoms with Gasteiger partial charge in [-0.15, -0.1) is 22.7 Å². The van der Waals surface area contributed by atoms with Gasteiger partial charge in [-0.3, -0.25) is 4.98 Å². The molecular formula is C20H13N5S2. The number of hydrogen-bond donors (Lipinski definition) is 0. The second kappa shape index (κ2) is 6.61. The van der Waals surface area contributed by atoms with Crippen molar-refractivity contribution < 1.29 is 0 Å². The van der Waals surface area contributed by atoms with Crippen LogP contribution in [0.2, 0.25) is 0 Å². The van der Waals surface area contributed by atoms with Crippen molar-refractivity contribution in [3.05, 3.63) is 66.2 Å². The maximum Gasteiger partial charge on any atom is 0.178 e. The van der Waals surface area contributed by atoms with E-state index in [1.807, 2.05) is 31.3 Å². The maximum absolute atomic E-state index is 4.92. The molecule has 0 saturated carbocycles. The van der Waals surface area contributed by atoms with E-state index < -0.39 is 0 Å². The fraction of sp³-hybridized carbons (Fsp3) is 0.0500. The molecule has 0 aliphatic heterocycles. The maximum atomic E-state index is 4.92. The quantitative estimate of drug-likeness (QED) is 0.423. The van der Waals surface area contributed by atoms with Crippen LogP contribution in [0, 0.1) is 6.92 Å². The summed E-state index contributed by atoms with van der Waals surface area (Å²) in [5, 5.41) is 4.09. The van der Waals surface area contributed by atoms with Crippen molar-refractivity contribution in [2.24, 2.45) is 0 Å². The lowest BCUT2D eigenvalue weighted by Gasteiger charge is -2.05. The van der Waals surface area contributed by atoms with Gasteiger partial charge in [0.25, 0.3) is 0 Å². The number of nitrogens with zero attached hydrogens (tertiary/aromatic N) is 5. The van der Waals surface area contributed by atoms with Crippen LogP contribution in [0.5, 0.6) is 0 Å². The molecule has 130 valence electrons. The molecule has 5 rings (SSSR count). The van der Waals surface area contributed by atoms with Gasteiger partial charge < -0.3 is 0 Å². The van der Waals surface area contributed by atoms with Crippen molar-refractivity contribution in [2.75, 3.05) is 0 Å². The normalized spacial score (nSPS) is 11.1. The molecule has 7 heteroatoms. The van der Waals surface area contributed by atoms with Crippen molar-refractivity contribution in [3.8, 4) is 32.7 Å². The van der Waals surface area contributed by atoms with Crippen LogP contribution in [0.4, 0.5) is 0 Å². The van der Waals surface area contributed by atoms with E-state index in [0.717, 1.165) is 42.6 Å². The molecule has 0 unspecified atom stereocenters. The van der Waals surface area contributed by atoms with Gasteiger partial charge in [0.15, 0.2) is 5.82 Å². The van der Waals surface area contributed by atoms with Gasteiger partial charge in [-0.1, -0.05) is 0 Å². The third-order valence-electron chi connectivity index (χ3n) is 4.17. The highest BCUT2D eigenvalue weighted by atomic mass is 32.1. The third kappa shape index (κ3) is 2.90. The lowest BCUT2D eigenvalue weighted by molar-refractivity contribution is 1.15. The first kappa shape index (κ1) is 16.2. The summed E-state index contributed by atoms with van der Waals surface area (Å²) < 4.78 is 1.16. The molecule has 0 fully saturated rings. The zero-order valence-electron chi connectivity index (χ0n) is 14.3. The first-order chi connectivity index (χ1) is 13.3. The van der Waals surface area contributed by atoms with Gasteiger partial charge in [-0.25, -0.2) is 19.9 Å². The highest BCUT2D eigenvalue weighted by Gasteiger charge is 2.17. The Kier molecular flexibility index (Phi) is 3.95. The number of hydrogen-bond acceptors (Lipinski definition) is 7. The number of aryl methyl sites for hydroxylation is 1. The van der Waals surface area contributed by atoms with Crippen LogP contribution >= 0.6 is 22.7 Å². The number of thiophene rings is 1. The fourth-order valence-electron chi connectivity index (χ4n) is 2.92. The zero-order valence-corrected chi connectivity index (χ0v) is 16.0. The Morgan fingerprint density at radius 1 is 0.963 bits per heavy atom. The molecule has 5 nitrogen and oxygen atoms in total. The SMILES string of the molecule is Cc1nc(-c2cccnc2)sc1-c1cc2sccc2c(-c2ncccn2)n1. The van der Waals surface area contributed by atoms with E-state index in [-0.39, 0.29) is 0 Å². The lowest BCUT2D eigenvalue weighted by Crippen LogP contribution is -1.93. The number of aromatic nitrogens is 5. The topological polar surface area (TPSA) is 64.5 Å². The van der Waals surface area contributed by atoms with Crippen molar-refractivity contribution in [2.45, 2.75) is 6.92 Å². The van der Waals surface area contributed by atoms with E-state index in [1.165, 1.54) is 0 Å². The molecule has 5 aromatic rings. The van der Waals surface area contributed by atoms with Gasteiger partial charge in [-0.2, -0.15) is 0 Å². The van der Waals surface area contributed by atoms with E-state index in [1.54, 1.807) is 41.3 Å². The summed E-state index contributed by atoms with van der Waals surface area (Å²) in [6, 6.07) is 9.95. The highest BCUT2D eigenvalue weighted by molar-refractivity contribution is 7.19. The van der Waals surface area contributed by atoms with Crippen LogP contribution in [0.1, 0.15) is 5.69 Å². The Morgan fingerprint density at radius 3 is 2.67 bits per heavy atom. The molecule has 0 saturated heterocycles. The van der Waals surface area contributed by atoms with Crippen LogP contribution in [-0.4, -0.2) is 24.9 Å². The van der Waals surface area contributed by atoms with Gasteiger partial charge in [0, 0.05) is 40.4 Å². The minimum absolute atomic E-state index is 0.636. The molecule has 0 bridgehead atoms. The predicted molar refractivity (Wildman–Crippen MR) is 110 cm³/mol. The highest BCUT2D eigenvalue weighted by Crippen LogP contribution is 2.38. The number of thiazole rings is 1. The first-order valence-corrected chi connectivity index (χ1v) is 10.0. The summed E-state index contributed by atoms with van der Waals surface area (Å²) in [6.07, 6.45) is 7.09. The molecule has 0 atom stereocenters. The summed E-state index contributed by atoms with van der Waals surface area (Å²) in [6.45, 7) is 2.02. The summed E-state index contributed by atoms with van der Waals surface area (Å²) in [4.78, 5) is 23.7. The molecule has 0 radical (unpaired) electrons. The Morgan fingerprint density at radius 2 is 1.85 bits per heavy atom. The van der Waals surface area contributed by atoms with E-state index in [9.17, 15) is 0 Å². The third-order valence-corrected chi connectivity index (χ3v) is 6.26. The van der Waals surface area contributed by atoms with Crippen molar-refractivity contribution in [3.63, 3.8) is 0 Å². The molecule has 0 spiro atoms. The van der Waals surface area contributed by atoms with Crippen LogP contribution in [0.3, 0.4) is 0 Å². The zero-order chi connectivity index (χ0) is 18.2. The van der Waals surface area contributed by atoms with Gasteiger partial charge >= 0.3 is 0 Å². The number of fused-ring (bicyclic) bond motifs is 1. The Bertz CT molecular complexity index is 1230. The van der Waals surface area contributed by atoms with Gasteiger partial charge in [0.2, 0.25) is 0 Å². The number of rotatable bonds is 3. The van der Waals surface area contributed by atoms with E-state index >= 15 is 0 Å². The first-order valence-electron chi connectivity index (χ1n) is 8.33. The molecule has 0 N–H and O–H groups in total. The van der Waals surface area contributed by atoms with Gasteiger partial charge in [0.05, 0.1) is 16.3 Å². The van der Waals surface area contributed by atoms with Crippen LogP contribution in [0.15, 0.2) is 60.5 Å². The van der Waals surface area contributed by atoms with Crippen LogP contribution in [0.25, 0.3) is 42.7 Å². The van der Waals surface area contributed by atoms with Crippen molar-refractivity contribution >= 4 is 32.8 Å². The molecule has 5 heterocycles. The number of pyridine rings is 2. The van der Waals surface area contributed by atoms with Gasteiger partial charge in [0.1, 0.15) is 10.7 Å². The van der Waals surface area contributed by atoms with E-state index in [4.69, 9.17) is 9.97 Å². The Balaban J connectivity index is 1.69. The monoisotopic (exact) mass is 387 g/mol. The minimum atomic E-state index is 0.636. The van der Waals surface area contributed by atoms with Crippen molar-refractivity contribution in [1.82, 2.24) is 24.9 Å². The standard InChI is InChI=1S/C20H13N5S2/c1-12-18(27-20(24-12)13-4-2-6-21-11-13)15-10-16-14(5-9-26-16)17(25-15)19-22-7-3-8-23-19/h2-11H,1H3. The Labute approximate surface area is 163 Å². The average Bonchev–Trinajstić information content (AvgIpc) is 3.35. The Hall–Kier alpha value is -3.03. The van der Waals surface area contributed by atoms with Crippen molar-refractivity contribution in [1.29, 1.82) is 0 Å². The largest absolute Gasteiger partial charge is 0.264 e. The van der Waals surface area contributed by atoms with E-state index in [2.05, 4.69) is 32.5 Å². The summed E-state index contributed by atoms with van der Waals surface area (Å²) >= 11 is 3.32. The minimum Gasteiger partial charge on any atom is -0.264 e. The second-order valence-electron chi connectivity index (χ2n) is 5.94. The second-order valence-corrected chi connectivity index (χ2v) is 7.88. The molecule has 0 amide bonds. The molecular weight excluding hydrogens is 374 g/mol. The molecule has 27 heavy (non-hydrogen) atoms. The van der Waals surface area contributed by atoms with Gasteiger partial charge in [-0.05, 0) is 42.6 Å². The summed E-state index contributed by atoms with van der Waals surface area (Å²) in [5.41, 5.74) is 3.68. The smallest absolute Gasteiger partial charge is 0.178 e.